The maximum absolute atomic E-state index is 12.7. The minimum Gasteiger partial charge on any atom is -0.507 e. The van der Waals surface area contributed by atoms with E-state index in [0.29, 0.717) is 26.2 Å². The molecule has 1 N–H and O–H groups in total. The Balaban J connectivity index is 1.68. The maximum Gasteiger partial charge on any atom is 0.342 e. The molecule has 154 valence electrons. The summed E-state index contributed by atoms with van der Waals surface area (Å²) in [7, 11) is -3.72. The van der Waals surface area contributed by atoms with Crippen LogP contribution in [0.1, 0.15) is 48.9 Å². The fraction of sp³-hybridized carbons (Fsp3) is 0.579. The molecule has 0 aliphatic carbocycles. The minimum atomic E-state index is -3.72. The smallest absolute Gasteiger partial charge is 0.342 e. The van der Waals surface area contributed by atoms with Gasteiger partial charge < -0.3 is 14.7 Å². The van der Waals surface area contributed by atoms with Crippen molar-refractivity contribution in [3.8, 4) is 5.75 Å². The molecule has 2 saturated heterocycles. The van der Waals surface area contributed by atoms with E-state index in [4.69, 9.17) is 4.74 Å². The van der Waals surface area contributed by atoms with Gasteiger partial charge in [0.05, 0.1) is 4.90 Å². The van der Waals surface area contributed by atoms with E-state index in [1.54, 1.807) is 4.90 Å². The van der Waals surface area contributed by atoms with E-state index in [-0.39, 0.29) is 22.1 Å². The van der Waals surface area contributed by atoms with Crippen LogP contribution in [0.15, 0.2) is 23.1 Å². The van der Waals surface area contributed by atoms with Crippen LogP contribution in [0.2, 0.25) is 0 Å². The van der Waals surface area contributed by atoms with E-state index >= 15 is 0 Å². The fourth-order valence-electron chi connectivity index (χ4n) is 3.53. The van der Waals surface area contributed by atoms with Crippen molar-refractivity contribution in [1.82, 2.24) is 9.21 Å². The number of phenolic OH excluding ortho intramolecular Hbond substituents is 1. The summed E-state index contributed by atoms with van der Waals surface area (Å²) in [5.74, 6) is -1.58. The highest BCUT2D eigenvalue weighted by molar-refractivity contribution is 7.89. The molecule has 0 unspecified atom stereocenters. The molecule has 0 aromatic heterocycles. The molecule has 0 atom stereocenters. The summed E-state index contributed by atoms with van der Waals surface area (Å²) >= 11 is 0. The second kappa shape index (κ2) is 8.91. The molecule has 2 heterocycles. The Kier molecular flexibility index (Phi) is 6.56. The number of ether oxygens (including phenoxy) is 1. The standard InChI is InChI=1S/C19H26N2O6S/c22-17-8-7-15(28(25,26)21-11-5-6-12-21)13-16(17)19(24)27-14-18(23)20-9-3-1-2-4-10-20/h7-8,13,22H,1-6,9-12,14H2. The molecule has 3 rings (SSSR count). The molecule has 0 spiro atoms. The van der Waals surface area contributed by atoms with Crippen LogP contribution < -0.4 is 0 Å². The molecule has 2 aliphatic rings. The first kappa shape index (κ1) is 20.6. The van der Waals surface area contributed by atoms with Gasteiger partial charge in [-0.2, -0.15) is 4.31 Å². The minimum absolute atomic E-state index is 0.0713. The molecule has 2 fully saturated rings. The number of likely N-dealkylation sites (tertiary alicyclic amines) is 1. The largest absolute Gasteiger partial charge is 0.507 e. The van der Waals surface area contributed by atoms with Gasteiger partial charge in [0, 0.05) is 26.2 Å². The third kappa shape index (κ3) is 4.64. The van der Waals surface area contributed by atoms with Gasteiger partial charge in [0.15, 0.2) is 6.61 Å². The lowest BCUT2D eigenvalue weighted by molar-refractivity contribution is -0.134. The fourth-order valence-corrected chi connectivity index (χ4v) is 5.08. The zero-order valence-electron chi connectivity index (χ0n) is 15.8. The van der Waals surface area contributed by atoms with Crippen LogP contribution in [-0.4, -0.2) is 67.4 Å². The number of aromatic hydroxyl groups is 1. The highest BCUT2D eigenvalue weighted by Crippen LogP contribution is 2.26. The Morgan fingerprint density at radius 2 is 1.57 bits per heavy atom. The van der Waals surface area contributed by atoms with Crippen molar-refractivity contribution in [3.63, 3.8) is 0 Å². The van der Waals surface area contributed by atoms with E-state index in [1.165, 1.54) is 10.4 Å². The average molecular weight is 410 g/mol. The molecule has 0 bridgehead atoms. The second-order valence-corrected chi connectivity index (χ2v) is 9.10. The van der Waals surface area contributed by atoms with E-state index in [0.717, 1.165) is 50.7 Å². The number of benzene rings is 1. The van der Waals surface area contributed by atoms with Crippen LogP contribution in [0, 0.1) is 0 Å². The Hall–Kier alpha value is -2.13. The second-order valence-electron chi connectivity index (χ2n) is 7.16. The van der Waals surface area contributed by atoms with Crippen LogP contribution in [-0.2, 0) is 19.6 Å². The van der Waals surface area contributed by atoms with Crippen molar-refractivity contribution >= 4 is 21.9 Å². The number of nitrogens with zero attached hydrogens (tertiary/aromatic N) is 2. The Morgan fingerprint density at radius 3 is 2.21 bits per heavy atom. The number of esters is 1. The molecule has 28 heavy (non-hydrogen) atoms. The molecule has 2 aliphatic heterocycles. The van der Waals surface area contributed by atoms with Gasteiger partial charge >= 0.3 is 5.97 Å². The molecule has 9 heteroatoms. The van der Waals surface area contributed by atoms with Gasteiger partial charge in [-0.25, -0.2) is 13.2 Å². The monoisotopic (exact) mass is 410 g/mol. The molecule has 0 radical (unpaired) electrons. The van der Waals surface area contributed by atoms with Gasteiger partial charge in [-0.3, -0.25) is 4.79 Å². The van der Waals surface area contributed by atoms with Crippen molar-refractivity contribution in [2.45, 2.75) is 43.4 Å². The molecule has 1 aromatic rings. The molecule has 8 nitrogen and oxygen atoms in total. The Morgan fingerprint density at radius 1 is 0.964 bits per heavy atom. The summed E-state index contributed by atoms with van der Waals surface area (Å²) < 4.78 is 31.7. The predicted octanol–water partition coefficient (Wildman–Crippen LogP) is 1.74. The van der Waals surface area contributed by atoms with E-state index in [2.05, 4.69) is 0 Å². The lowest BCUT2D eigenvalue weighted by Crippen LogP contribution is -2.35. The zero-order chi connectivity index (χ0) is 20.1. The van der Waals surface area contributed by atoms with Crippen LogP contribution >= 0.6 is 0 Å². The quantitative estimate of drug-likeness (QED) is 0.742. The van der Waals surface area contributed by atoms with Crippen molar-refractivity contribution in [2.24, 2.45) is 0 Å². The van der Waals surface area contributed by atoms with Crippen molar-refractivity contribution in [3.05, 3.63) is 23.8 Å². The summed E-state index contributed by atoms with van der Waals surface area (Å²) in [5.41, 5.74) is -0.260. The van der Waals surface area contributed by atoms with Gasteiger partial charge in [-0.15, -0.1) is 0 Å². The van der Waals surface area contributed by atoms with E-state index < -0.39 is 22.6 Å². The summed E-state index contributed by atoms with van der Waals surface area (Å²) in [5, 5.41) is 9.98. The first-order chi connectivity index (χ1) is 13.4. The van der Waals surface area contributed by atoms with Crippen molar-refractivity contribution in [2.75, 3.05) is 32.8 Å². The lowest BCUT2D eigenvalue weighted by atomic mass is 10.2. The predicted molar refractivity (Wildman–Crippen MR) is 101 cm³/mol. The van der Waals surface area contributed by atoms with Crippen LogP contribution in [0.5, 0.6) is 5.75 Å². The summed E-state index contributed by atoms with van der Waals surface area (Å²) in [4.78, 5) is 26.2. The SMILES string of the molecule is O=C(OCC(=O)N1CCCCCC1)c1cc(S(=O)(=O)N2CCCC2)ccc1O. The average Bonchev–Trinajstić information content (AvgIpc) is 3.10. The molecular weight excluding hydrogens is 384 g/mol. The van der Waals surface area contributed by atoms with E-state index in [1.807, 2.05) is 0 Å². The number of hydrogen-bond donors (Lipinski definition) is 1. The van der Waals surface area contributed by atoms with Crippen molar-refractivity contribution < 1.29 is 27.9 Å². The zero-order valence-corrected chi connectivity index (χ0v) is 16.6. The van der Waals surface area contributed by atoms with E-state index in [9.17, 15) is 23.1 Å². The van der Waals surface area contributed by atoms with Gasteiger partial charge in [0.25, 0.3) is 5.91 Å². The summed E-state index contributed by atoms with van der Waals surface area (Å²) in [6.07, 6.45) is 5.61. The number of carbonyl (C=O) groups is 2. The Bertz CT molecular complexity index is 825. The first-order valence-electron chi connectivity index (χ1n) is 9.67. The topological polar surface area (TPSA) is 104 Å². The number of phenols is 1. The molecule has 0 saturated carbocycles. The Labute approximate surface area is 165 Å². The lowest BCUT2D eigenvalue weighted by Gasteiger charge is -2.20. The van der Waals surface area contributed by atoms with Gasteiger partial charge in [-0.05, 0) is 43.9 Å². The molecule has 1 amide bonds. The van der Waals surface area contributed by atoms with Crippen molar-refractivity contribution in [1.29, 1.82) is 0 Å². The van der Waals surface area contributed by atoms with Gasteiger partial charge in [0.1, 0.15) is 11.3 Å². The third-order valence-electron chi connectivity index (χ3n) is 5.18. The number of sulfonamides is 1. The van der Waals surface area contributed by atoms with Gasteiger partial charge in [0.2, 0.25) is 10.0 Å². The number of hydrogen-bond acceptors (Lipinski definition) is 6. The number of rotatable bonds is 5. The summed E-state index contributed by atoms with van der Waals surface area (Å²) in [6, 6.07) is 3.54. The number of amides is 1. The summed E-state index contributed by atoms with van der Waals surface area (Å²) in [6.45, 7) is 1.73. The first-order valence-corrected chi connectivity index (χ1v) is 11.1. The maximum atomic E-state index is 12.7. The normalized spacial score (nSPS) is 18.6. The number of carbonyl (C=O) groups excluding carboxylic acids is 2. The van der Waals surface area contributed by atoms with Crippen LogP contribution in [0.3, 0.4) is 0 Å². The molecule has 1 aromatic carbocycles. The highest BCUT2D eigenvalue weighted by Gasteiger charge is 2.29. The van der Waals surface area contributed by atoms with Crippen LogP contribution in [0.25, 0.3) is 0 Å². The third-order valence-corrected chi connectivity index (χ3v) is 7.07. The van der Waals surface area contributed by atoms with Crippen LogP contribution in [0.4, 0.5) is 0 Å². The molecular formula is C19H26N2O6S. The highest BCUT2D eigenvalue weighted by atomic mass is 32.2. The van der Waals surface area contributed by atoms with Gasteiger partial charge in [-0.1, -0.05) is 12.8 Å².